The molecule has 1 aromatic heterocycles. The van der Waals surface area contributed by atoms with Gasteiger partial charge < -0.3 is 19.3 Å². The molecule has 2 bridgehead atoms. The molecule has 1 unspecified atom stereocenters. The number of aliphatic hydroxyl groups is 1. The van der Waals surface area contributed by atoms with Gasteiger partial charge in [0, 0.05) is 42.6 Å². The average Bonchev–Trinajstić information content (AvgIpc) is 2.69. The van der Waals surface area contributed by atoms with Gasteiger partial charge in [-0.1, -0.05) is 12.1 Å². The van der Waals surface area contributed by atoms with Crippen molar-refractivity contribution in [3.8, 4) is 5.75 Å². The second-order valence-corrected chi connectivity index (χ2v) is 8.72. The van der Waals surface area contributed by atoms with Crippen LogP contribution in [0.2, 0.25) is 0 Å². The maximum Gasteiger partial charge on any atom is 0.250 e. The predicted molar refractivity (Wildman–Crippen MR) is 108 cm³/mol. The highest BCUT2D eigenvalue weighted by molar-refractivity contribution is 5.51. The van der Waals surface area contributed by atoms with E-state index in [1.807, 2.05) is 23.6 Å². The molecule has 1 aliphatic heterocycles. The molecule has 1 aromatic carbocycles. The molecule has 148 valence electrons. The van der Waals surface area contributed by atoms with E-state index in [1.165, 1.54) is 11.1 Å². The second-order valence-electron chi connectivity index (χ2n) is 8.72. The maximum absolute atomic E-state index is 12.5. The molecule has 5 heteroatoms. The minimum Gasteiger partial charge on any atom is -0.497 e. The maximum atomic E-state index is 12.5. The van der Waals surface area contributed by atoms with E-state index in [4.69, 9.17) is 4.74 Å². The van der Waals surface area contributed by atoms with E-state index in [0.29, 0.717) is 19.4 Å². The number of rotatable bonds is 2. The highest BCUT2D eigenvalue weighted by atomic mass is 16.5. The van der Waals surface area contributed by atoms with Gasteiger partial charge in [-0.05, 0) is 62.2 Å². The highest BCUT2D eigenvalue weighted by Crippen LogP contribution is 2.56. The van der Waals surface area contributed by atoms with Gasteiger partial charge in [-0.25, -0.2) is 0 Å². The van der Waals surface area contributed by atoms with E-state index >= 15 is 0 Å². The van der Waals surface area contributed by atoms with E-state index in [-0.39, 0.29) is 17.0 Å². The molecule has 1 N–H and O–H groups in total. The molecular formula is C23H28N2O3. The fourth-order valence-corrected chi connectivity index (χ4v) is 6.21. The minimum atomic E-state index is -0.845. The number of nitrogens with zero attached hydrogens (tertiary/aromatic N) is 2. The summed E-state index contributed by atoms with van der Waals surface area (Å²) >= 11 is 0. The Bertz CT molecular complexity index is 1010. The first kappa shape index (κ1) is 18.0. The quantitative estimate of drug-likeness (QED) is 0.865. The molecule has 2 aliphatic carbocycles. The van der Waals surface area contributed by atoms with Crippen LogP contribution >= 0.6 is 0 Å². The minimum absolute atomic E-state index is 0.0502. The smallest absolute Gasteiger partial charge is 0.250 e. The summed E-state index contributed by atoms with van der Waals surface area (Å²) < 4.78 is 7.43. The Morgan fingerprint density at radius 3 is 2.75 bits per heavy atom. The van der Waals surface area contributed by atoms with Gasteiger partial charge in [0.1, 0.15) is 5.75 Å². The van der Waals surface area contributed by atoms with Gasteiger partial charge in [-0.15, -0.1) is 0 Å². The Morgan fingerprint density at radius 1 is 1.21 bits per heavy atom. The number of likely N-dealkylation sites (tertiary alicyclic amines) is 1. The number of hydrogen-bond donors (Lipinski definition) is 1. The second kappa shape index (κ2) is 5.94. The van der Waals surface area contributed by atoms with Crippen molar-refractivity contribution in [2.45, 2.75) is 56.2 Å². The van der Waals surface area contributed by atoms with Crippen LogP contribution in [0.1, 0.15) is 35.7 Å². The number of hydrogen-bond acceptors (Lipinski definition) is 4. The van der Waals surface area contributed by atoms with Crippen molar-refractivity contribution in [2.24, 2.45) is 0 Å². The Kier molecular flexibility index (Phi) is 3.81. The topological polar surface area (TPSA) is 54.7 Å². The summed E-state index contributed by atoms with van der Waals surface area (Å²) in [4.78, 5) is 14.8. The third-order valence-electron chi connectivity index (χ3n) is 7.68. The van der Waals surface area contributed by atoms with Crippen LogP contribution in [0.15, 0.2) is 35.1 Å². The van der Waals surface area contributed by atoms with Gasteiger partial charge in [-0.3, -0.25) is 4.79 Å². The first-order valence-corrected chi connectivity index (χ1v) is 10.2. The Balaban J connectivity index is 1.80. The van der Waals surface area contributed by atoms with Crippen molar-refractivity contribution in [1.82, 2.24) is 9.47 Å². The van der Waals surface area contributed by atoms with Gasteiger partial charge in [0.25, 0.3) is 5.56 Å². The molecule has 3 aliphatic rings. The van der Waals surface area contributed by atoms with Crippen molar-refractivity contribution in [2.75, 3.05) is 20.7 Å². The van der Waals surface area contributed by atoms with Crippen LogP contribution in [0.3, 0.4) is 0 Å². The monoisotopic (exact) mass is 380 g/mol. The van der Waals surface area contributed by atoms with Crippen LogP contribution in [0, 0.1) is 0 Å². The van der Waals surface area contributed by atoms with Gasteiger partial charge >= 0.3 is 0 Å². The lowest BCUT2D eigenvalue weighted by Gasteiger charge is -2.63. The van der Waals surface area contributed by atoms with Gasteiger partial charge in [0.05, 0.1) is 12.7 Å². The number of piperidine rings is 1. The molecule has 5 nitrogen and oxygen atoms in total. The largest absolute Gasteiger partial charge is 0.497 e. The third kappa shape index (κ3) is 2.12. The van der Waals surface area contributed by atoms with Crippen LogP contribution in [0.4, 0.5) is 0 Å². The average molecular weight is 380 g/mol. The lowest BCUT2D eigenvalue weighted by molar-refractivity contribution is -0.145. The summed E-state index contributed by atoms with van der Waals surface area (Å²) in [5.41, 5.74) is 3.54. The van der Waals surface area contributed by atoms with Crippen LogP contribution < -0.4 is 10.3 Å². The van der Waals surface area contributed by atoms with Crippen LogP contribution in [0.25, 0.3) is 0 Å². The summed E-state index contributed by atoms with van der Waals surface area (Å²) in [6.07, 6.45) is 3.02. The highest BCUT2D eigenvalue weighted by Gasteiger charge is 2.64. The Hall–Kier alpha value is -2.11. The number of fused-ring (bicyclic) bond motifs is 2. The number of likely N-dealkylation sites (N-methyl/N-ethyl adjacent to an activating group) is 1. The standard InChI is InChI=1S/C23H28N2O3/c1-4-25-19-14-22-9-10-24(2)20(11-15-5-7-17(28-3)12-18(15)22)23(22,27)13-16(19)6-8-21(25)26/h5-8,12,20,27H,4,9-11,13-14H2,1-3H3/t20-,22?,23-/m1/s1. The normalized spacial score (nSPS) is 30.9. The van der Waals surface area contributed by atoms with Crippen molar-refractivity contribution in [1.29, 1.82) is 0 Å². The first-order chi connectivity index (χ1) is 13.4. The Labute approximate surface area is 165 Å². The predicted octanol–water partition coefficient (Wildman–Crippen LogP) is 1.90. The molecule has 28 heavy (non-hydrogen) atoms. The fraction of sp³-hybridized carbons (Fsp3) is 0.522. The fourth-order valence-electron chi connectivity index (χ4n) is 6.21. The molecule has 0 spiro atoms. The Morgan fingerprint density at radius 2 is 2.00 bits per heavy atom. The number of ether oxygens (including phenoxy) is 1. The van der Waals surface area contributed by atoms with Crippen molar-refractivity contribution < 1.29 is 9.84 Å². The zero-order valence-corrected chi connectivity index (χ0v) is 16.9. The number of pyridine rings is 1. The van der Waals surface area contributed by atoms with Crippen molar-refractivity contribution in [3.05, 3.63) is 63.1 Å². The molecule has 3 atom stereocenters. The van der Waals surface area contributed by atoms with Crippen LogP contribution in [0.5, 0.6) is 5.75 Å². The molecular weight excluding hydrogens is 352 g/mol. The third-order valence-corrected chi connectivity index (χ3v) is 7.68. The van der Waals surface area contributed by atoms with E-state index in [0.717, 1.165) is 36.4 Å². The molecule has 0 amide bonds. The lowest BCUT2D eigenvalue weighted by atomic mass is 9.49. The summed E-state index contributed by atoms with van der Waals surface area (Å²) in [7, 11) is 3.82. The lowest BCUT2D eigenvalue weighted by Crippen LogP contribution is -2.73. The molecule has 0 radical (unpaired) electrons. The van der Waals surface area contributed by atoms with Gasteiger partial charge in [-0.2, -0.15) is 0 Å². The molecule has 2 heterocycles. The summed E-state index contributed by atoms with van der Waals surface area (Å²) in [5, 5.41) is 12.3. The molecule has 1 fully saturated rings. The van der Waals surface area contributed by atoms with E-state index in [1.54, 1.807) is 13.2 Å². The summed E-state index contributed by atoms with van der Waals surface area (Å²) in [6, 6.07) is 9.99. The van der Waals surface area contributed by atoms with Crippen LogP contribution in [-0.2, 0) is 31.2 Å². The van der Waals surface area contributed by atoms with Crippen molar-refractivity contribution >= 4 is 0 Å². The zero-order chi connectivity index (χ0) is 19.7. The van der Waals surface area contributed by atoms with Crippen molar-refractivity contribution in [3.63, 3.8) is 0 Å². The number of methoxy groups -OCH3 is 1. The summed E-state index contributed by atoms with van der Waals surface area (Å²) in [6.45, 7) is 3.63. The SMILES string of the molecule is CCn1c2c(ccc1=O)C[C@@]1(O)[C@H]3Cc4ccc(OC)cc4C1(CCN3C)C2. The van der Waals surface area contributed by atoms with Crippen LogP contribution in [-0.4, -0.2) is 46.9 Å². The molecule has 2 aromatic rings. The van der Waals surface area contributed by atoms with E-state index in [2.05, 4.69) is 24.1 Å². The molecule has 5 rings (SSSR count). The zero-order valence-electron chi connectivity index (χ0n) is 16.9. The summed E-state index contributed by atoms with van der Waals surface area (Å²) in [5.74, 6) is 0.833. The number of benzene rings is 1. The first-order valence-electron chi connectivity index (χ1n) is 10.2. The van der Waals surface area contributed by atoms with Gasteiger partial charge in [0.15, 0.2) is 0 Å². The van der Waals surface area contributed by atoms with E-state index in [9.17, 15) is 9.90 Å². The van der Waals surface area contributed by atoms with Gasteiger partial charge in [0.2, 0.25) is 0 Å². The van der Waals surface area contributed by atoms with E-state index < -0.39 is 5.60 Å². The molecule has 0 saturated carbocycles. The molecule has 1 saturated heterocycles. The number of aromatic nitrogens is 1.